The summed E-state index contributed by atoms with van der Waals surface area (Å²) < 4.78 is 32.3. The van der Waals surface area contributed by atoms with Crippen LogP contribution in [-0.2, 0) is 11.2 Å². The normalized spacial score (nSPS) is 10.5. The fourth-order valence-electron chi connectivity index (χ4n) is 2.62. The largest absolute Gasteiger partial charge is 0.462 e. The molecule has 1 amide bonds. The van der Waals surface area contributed by atoms with Gasteiger partial charge in [0.2, 0.25) is 0 Å². The van der Waals surface area contributed by atoms with Gasteiger partial charge in [0.15, 0.2) is 0 Å². The molecule has 0 unspecified atom stereocenters. The Morgan fingerprint density at radius 1 is 1.04 bits per heavy atom. The lowest BCUT2D eigenvalue weighted by atomic mass is 10.1. The van der Waals surface area contributed by atoms with Crippen molar-refractivity contribution in [1.82, 2.24) is 0 Å². The van der Waals surface area contributed by atoms with Crippen molar-refractivity contribution in [1.29, 1.82) is 0 Å². The van der Waals surface area contributed by atoms with E-state index in [2.05, 4.69) is 5.32 Å². The molecular weight excluding hydrogens is 384 g/mol. The second-order valence-corrected chi connectivity index (χ2v) is 7.05. The molecule has 0 fully saturated rings. The van der Waals surface area contributed by atoms with Gasteiger partial charge in [0.05, 0.1) is 17.7 Å². The number of carbonyl (C=O) groups is 2. The number of nitrogens with one attached hydrogen (secondary N) is 1. The predicted octanol–water partition coefficient (Wildman–Crippen LogP) is 5.05. The molecule has 0 atom stereocenters. The number of esters is 1. The number of ether oxygens (including phenoxy) is 1. The van der Waals surface area contributed by atoms with E-state index in [0.29, 0.717) is 6.42 Å². The van der Waals surface area contributed by atoms with Crippen molar-refractivity contribution in [2.24, 2.45) is 0 Å². The highest BCUT2D eigenvalue weighted by Gasteiger charge is 2.21. The summed E-state index contributed by atoms with van der Waals surface area (Å²) in [4.78, 5) is 25.5. The topological polar surface area (TPSA) is 55.4 Å². The van der Waals surface area contributed by atoms with E-state index in [1.807, 2.05) is 30.3 Å². The maximum Gasteiger partial charge on any atom is 0.341 e. The van der Waals surface area contributed by atoms with E-state index in [0.717, 1.165) is 28.6 Å². The third-order valence-electron chi connectivity index (χ3n) is 3.90. The van der Waals surface area contributed by atoms with E-state index in [4.69, 9.17) is 4.74 Å². The standard InChI is InChI=1S/C21H17F2NO3S/c1-2-27-21(26)17-12-15(10-13-6-4-3-5-7-13)28-20(17)24-19(25)16-11-14(22)8-9-18(16)23/h3-9,11-12H,2,10H2,1H3,(H,24,25). The summed E-state index contributed by atoms with van der Waals surface area (Å²) in [7, 11) is 0. The van der Waals surface area contributed by atoms with Gasteiger partial charge in [-0.2, -0.15) is 0 Å². The van der Waals surface area contributed by atoms with Crippen molar-refractivity contribution < 1.29 is 23.1 Å². The van der Waals surface area contributed by atoms with E-state index < -0.39 is 29.1 Å². The van der Waals surface area contributed by atoms with Crippen molar-refractivity contribution >= 4 is 28.2 Å². The fourth-order valence-corrected chi connectivity index (χ4v) is 3.70. The van der Waals surface area contributed by atoms with E-state index in [9.17, 15) is 18.4 Å². The fraction of sp³-hybridized carbons (Fsp3) is 0.143. The Bertz CT molecular complexity index is 1000. The molecule has 1 aromatic heterocycles. The van der Waals surface area contributed by atoms with E-state index >= 15 is 0 Å². The summed E-state index contributed by atoms with van der Waals surface area (Å²) in [5.74, 6) is -3.01. The van der Waals surface area contributed by atoms with Crippen LogP contribution in [0.15, 0.2) is 54.6 Å². The first-order valence-electron chi connectivity index (χ1n) is 8.58. The molecule has 0 aliphatic carbocycles. The minimum absolute atomic E-state index is 0.175. The molecule has 2 aromatic carbocycles. The summed E-state index contributed by atoms with van der Waals surface area (Å²) in [6.45, 7) is 1.85. The smallest absolute Gasteiger partial charge is 0.341 e. The Balaban J connectivity index is 1.90. The molecule has 1 N–H and O–H groups in total. The number of hydrogen-bond acceptors (Lipinski definition) is 4. The maximum absolute atomic E-state index is 13.9. The van der Waals surface area contributed by atoms with Gasteiger partial charge in [0, 0.05) is 11.3 Å². The third-order valence-corrected chi connectivity index (χ3v) is 4.95. The van der Waals surface area contributed by atoms with Crippen molar-refractivity contribution in [2.45, 2.75) is 13.3 Å². The molecule has 0 spiro atoms. The summed E-state index contributed by atoms with van der Waals surface area (Å²) in [5, 5.41) is 2.75. The van der Waals surface area contributed by atoms with Crippen LogP contribution in [0.2, 0.25) is 0 Å². The third kappa shape index (κ3) is 4.61. The molecule has 0 aliphatic rings. The van der Waals surface area contributed by atoms with Gasteiger partial charge in [-0.15, -0.1) is 11.3 Å². The first kappa shape index (κ1) is 19.7. The molecular formula is C21H17F2NO3S. The van der Waals surface area contributed by atoms with Crippen LogP contribution in [0.25, 0.3) is 0 Å². The van der Waals surface area contributed by atoms with Crippen molar-refractivity contribution in [2.75, 3.05) is 11.9 Å². The number of carbonyl (C=O) groups excluding carboxylic acids is 2. The predicted molar refractivity (Wildman–Crippen MR) is 104 cm³/mol. The quantitative estimate of drug-likeness (QED) is 0.589. The summed E-state index contributed by atoms with van der Waals surface area (Å²) in [6.07, 6.45) is 0.558. The van der Waals surface area contributed by atoms with Gasteiger partial charge in [0.1, 0.15) is 16.6 Å². The first-order chi connectivity index (χ1) is 13.5. The molecule has 0 aliphatic heterocycles. The van der Waals surface area contributed by atoms with E-state index in [1.54, 1.807) is 13.0 Å². The number of hydrogen-bond donors (Lipinski definition) is 1. The minimum Gasteiger partial charge on any atom is -0.462 e. The highest BCUT2D eigenvalue weighted by atomic mass is 32.1. The molecule has 0 saturated heterocycles. The Labute approximate surface area is 164 Å². The lowest BCUT2D eigenvalue weighted by Crippen LogP contribution is -2.15. The van der Waals surface area contributed by atoms with Crippen LogP contribution >= 0.6 is 11.3 Å². The number of anilines is 1. The van der Waals surface area contributed by atoms with Crippen molar-refractivity contribution in [3.63, 3.8) is 0 Å². The summed E-state index contributed by atoms with van der Waals surface area (Å²) in [6, 6.07) is 13.9. The molecule has 3 rings (SSSR count). The Hall–Kier alpha value is -3.06. The molecule has 0 bridgehead atoms. The molecule has 4 nitrogen and oxygen atoms in total. The second kappa shape index (κ2) is 8.75. The Morgan fingerprint density at radius 3 is 2.50 bits per heavy atom. The molecule has 28 heavy (non-hydrogen) atoms. The number of rotatable bonds is 6. The number of thiophene rings is 1. The average molecular weight is 401 g/mol. The van der Waals surface area contributed by atoms with Gasteiger partial charge in [-0.05, 0) is 36.8 Å². The highest BCUT2D eigenvalue weighted by Crippen LogP contribution is 2.31. The first-order valence-corrected chi connectivity index (χ1v) is 9.39. The van der Waals surface area contributed by atoms with Gasteiger partial charge in [-0.3, -0.25) is 4.79 Å². The molecule has 144 valence electrons. The van der Waals surface area contributed by atoms with Gasteiger partial charge < -0.3 is 10.1 Å². The van der Waals surface area contributed by atoms with E-state index in [-0.39, 0.29) is 17.2 Å². The number of halogens is 2. The number of benzene rings is 2. The van der Waals surface area contributed by atoms with Crippen LogP contribution in [0.3, 0.4) is 0 Å². The van der Waals surface area contributed by atoms with Crippen LogP contribution in [0.4, 0.5) is 13.8 Å². The minimum atomic E-state index is -0.849. The van der Waals surface area contributed by atoms with Gasteiger partial charge in [-0.25, -0.2) is 13.6 Å². The van der Waals surface area contributed by atoms with Crippen molar-refractivity contribution in [3.05, 3.63) is 87.8 Å². The van der Waals surface area contributed by atoms with Gasteiger partial charge >= 0.3 is 5.97 Å². The monoisotopic (exact) mass is 401 g/mol. The second-order valence-electron chi connectivity index (χ2n) is 5.92. The lowest BCUT2D eigenvalue weighted by Gasteiger charge is -2.07. The summed E-state index contributed by atoms with van der Waals surface area (Å²) in [5.41, 5.74) is 0.781. The average Bonchev–Trinajstić information content (AvgIpc) is 3.07. The van der Waals surface area contributed by atoms with Crippen LogP contribution < -0.4 is 5.32 Å². The number of amides is 1. The molecule has 0 saturated carbocycles. The Kier molecular flexibility index (Phi) is 6.16. The summed E-state index contributed by atoms with van der Waals surface area (Å²) >= 11 is 1.19. The zero-order valence-corrected chi connectivity index (χ0v) is 15.8. The van der Waals surface area contributed by atoms with Crippen LogP contribution in [0.5, 0.6) is 0 Å². The van der Waals surface area contributed by atoms with Gasteiger partial charge in [-0.1, -0.05) is 30.3 Å². The molecule has 3 aromatic rings. The van der Waals surface area contributed by atoms with Crippen LogP contribution in [-0.4, -0.2) is 18.5 Å². The maximum atomic E-state index is 13.9. The van der Waals surface area contributed by atoms with Gasteiger partial charge in [0.25, 0.3) is 5.91 Å². The van der Waals surface area contributed by atoms with Crippen LogP contribution in [0, 0.1) is 11.6 Å². The zero-order valence-electron chi connectivity index (χ0n) is 15.0. The zero-order chi connectivity index (χ0) is 20.1. The SMILES string of the molecule is CCOC(=O)c1cc(Cc2ccccc2)sc1NC(=O)c1cc(F)ccc1F. The van der Waals surface area contributed by atoms with Crippen molar-refractivity contribution in [3.8, 4) is 0 Å². The van der Waals surface area contributed by atoms with Crippen LogP contribution in [0.1, 0.15) is 38.1 Å². The highest BCUT2D eigenvalue weighted by molar-refractivity contribution is 7.16. The Morgan fingerprint density at radius 2 is 1.79 bits per heavy atom. The molecule has 7 heteroatoms. The molecule has 0 radical (unpaired) electrons. The lowest BCUT2D eigenvalue weighted by molar-refractivity contribution is 0.0528. The van der Waals surface area contributed by atoms with E-state index in [1.165, 1.54) is 11.3 Å². The molecule has 1 heterocycles.